The summed E-state index contributed by atoms with van der Waals surface area (Å²) in [5.41, 5.74) is 6.35. The van der Waals surface area contributed by atoms with E-state index in [4.69, 9.17) is 5.73 Å². The molecule has 96 valence electrons. The molecule has 2 atom stereocenters. The van der Waals surface area contributed by atoms with Crippen LogP contribution in [0.2, 0.25) is 0 Å². The molecule has 1 aliphatic rings. The molecule has 0 radical (unpaired) electrons. The van der Waals surface area contributed by atoms with Crippen molar-refractivity contribution >= 4 is 22.8 Å². The molecule has 7 nitrogen and oxygen atoms in total. The number of fused-ring (bicyclic) bond motifs is 1. The van der Waals surface area contributed by atoms with Crippen LogP contribution in [-0.2, 0) is 0 Å². The molecule has 3 heterocycles. The Balaban J connectivity index is 2.11. The Morgan fingerprint density at radius 2 is 2.39 bits per heavy atom. The highest BCUT2D eigenvalue weighted by Crippen LogP contribution is 2.32. The number of nitrogen functional groups attached to an aromatic ring is 1. The molecule has 0 bridgehead atoms. The fraction of sp³-hybridized carbons (Fsp3) is 0.545. The fourth-order valence-corrected chi connectivity index (χ4v) is 2.61. The van der Waals surface area contributed by atoms with E-state index in [0.29, 0.717) is 11.6 Å². The van der Waals surface area contributed by atoms with Crippen molar-refractivity contribution in [3.63, 3.8) is 0 Å². The van der Waals surface area contributed by atoms with E-state index in [1.807, 2.05) is 0 Å². The minimum Gasteiger partial charge on any atom is -0.394 e. The van der Waals surface area contributed by atoms with Gasteiger partial charge >= 0.3 is 0 Å². The maximum absolute atomic E-state index is 9.52. The van der Waals surface area contributed by atoms with E-state index in [2.05, 4.69) is 32.0 Å². The van der Waals surface area contributed by atoms with Gasteiger partial charge < -0.3 is 15.7 Å². The predicted octanol–water partition coefficient (Wildman–Crippen LogP) is 0.142. The number of anilines is 2. The summed E-state index contributed by atoms with van der Waals surface area (Å²) < 4.78 is 0. The van der Waals surface area contributed by atoms with Crippen LogP contribution in [0.5, 0.6) is 0 Å². The van der Waals surface area contributed by atoms with Crippen molar-refractivity contribution in [1.29, 1.82) is 0 Å². The summed E-state index contributed by atoms with van der Waals surface area (Å²) in [4.78, 5) is 10.5. The number of hydrogen-bond donors (Lipinski definition) is 3. The molecule has 1 aliphatic heterocycles. The van der Waals surface area contributed by atoms with E-state index in [0.717, 1.165) is 24.2 Å². The SMILES string of the molecule is CC1CCN(c2nc(N)nc3[nH]ncc23)C1CO. The Morgan fingerprint density at radius 3 is 3.17 bits per heavy atom. The van der Waals surface area contributed by atoms with Gasteiger partial charge in [0.1, 0.15) is 5.82 Å². The van der Waals surface area contributed by atoms with Gasteiger partial charge in [0.25, 0.3) is 0 Å². The Kier molecular flexibility index (Phi) is 2.55. The minimum atomic E-state index is 0.0809. The predicted molar refractivity (Wildman–Crippen MR) is 68.1 cm³/mol. The van der Waals surface area contributed by atoms with E-state index in [1.165, 1.54) is 0 Å². The van der Waals surface area contributed by atoms with Crippen molar-refractivity contribution in [2.75, 3.05) is 23.8 Å². The van der Waals surface area contributed by atoms with Gasteiger partial charge in [-0.3, -0.25) is 5.10 Å². The second-order valence-corrected chi connectivity index (χ2v) is 4.75. The Labute approximate surface area is 104 Å². The second-order valence-electron chi connectivity index (χ2n) is 4.75. The van der Waals surface area contributed by atoms with Crippen LogP contribution in [0, 0.1) is 5.92 Å². The van der Waals surface area contributed by atoms with E-state index >= 15 is 0 Å². The second kappa shape index (κ2) is 4.09. The quantitative estimate of drug-likeness (QED) is 0.698. The van der Waals surface area contributed by atoms with E-state index < -0.39 is 0 Å². The summed E-state index contributed by atoms with van der Waals surface area (Å²) in [6.07, 6.45) is 2.73. The molecule has 2 aromatic rings. The van der Waals surface area contributed by atoms with Crippen LogP contribution < -0.4 is 10.6 Å². The van der Waals surface area contributed by atoms with E-state index in [-0.39, 0.29) is 18.6 Å². The molecule has 1 saturated heterocycles. The number of nitrogens with zero attached hydrogens (tertiary/aromatic N) is 4. The molecule has 0 aliphatic carbocycles. The first-order valence-corrected chi connectivity index (χ1v) is 6.05. The lowest BCUT2D eigenvalue weighted by molar-refractivity contribution is 0.244. The maximum atomic E-state index is 9.52. The maximum Gasteiger partial charge on any atom is 0.224 e. The summed E-state index contributed by atoms with van der Waals surface area (Å²) in [5, 5.41) is 17.1. The van der Waals surface area contributed by atoms with Gasteiger partial charge in [-0.1, -0.05) is 6.92 Å². The van der Waals surface area contributed by atoms with Gasteiger partial charge in [-0.25, -0.2) is 0 Å². The van der Waals surface area contributed by atoms with Gasteiger partial charge in [0.05, 0.1) is 24.2 Å². The van der Waals surface area contributed by atoms with Crippen LogP contribution in [0.15, 0.2) is 6.20 Å². The van der Waals surface area contributed by atoms with Gasteiger partial charge in [0.15, 0.2) is 5.65 Å². The monoisotopic (exact) mass is 248 g/mol. The number of aromatic amines is 1. The molecule has 2 aromatic heterocycles. The number of hydrogen-bond acceptors (Lipinski definition) is 6. The third-order valence-electron chi connectivity index (χ3n) is 3.65. The highest BCUT2D eigenvalue weighted by molar-refractivity contribution is 5.87. The number of nitrogens with two attached hydrogens (primary N) is 1. The standard InChI is InChI=1S/C11H16N6O/c1-6-2-3-17(8(6)5-18)10-7-4-13-16-9(7)14-11(12)15-10/h4,6,8,18H,2-3,5H2,1H3,(H3,12,13,14,15,16). The Morgan fingerprint density at radius 1 is 1.56 bits per heavy atom. The van der Waals surface area contributed by atoms with Gasteiger partial charge in [0.2, 0.25) is 5.95 Å². The van der Waals surface area contributed by atoms with Gasteiger partial charge in [-0.05, 0) is 12.3 Å². The van der Waals surface area contributed by atoms with Crippen molar-refractivity contribution in [3.8, 4) is 0 Å². The van der Waals surface area contributed by atoms with Crippen LogP contribution in [-0.4, -0.2) is 44.5 Å². The van der Waals surface area contributed by atoms with Crippen LogP contribution in [0.3, 0.4) is 0 Å². The normalized spacial score (nSPS) is 24.0. The molecule has 18 heavy (non-hydrogen) atoms. The summed E-state index contributed by atoms with van der Waals surface area (Å²) >= 11 is 0. The zero-order valence-corrected chi connectivity index (χ0v) is 10.2. The Hall–Kier alpha value is -1.89. The van der Waals surface area contributed by atoms with Crippen molar-refractivity contribution in [2.45, 2.75) is 19.4 Å². The molecular weight excluding hydrogens is 232 g/mol. The Bertz CT molecular complexity index is 568. The number of aliphatic hydroxyl groups is 1. The summed E-state index contributed by atoms with van der Waals surface area (Å²) in [6, 6.07) is 0.0809. The summed E-state index contributed by atoms with van der Waals surface area (Å²) in [6.45, 7) is 3.12. The minimum absolute atomic E-state index is 0.0809. The molecular formula is C11H16N6O. The van der Waals surface area contributed by atoms with Crippen molar-refractivity contribution < 1.29 is 5.11 Å². The van der Waals surface area contributed by atoms with Gasteiger partial charge in [-0.2, -0.15) is 15.1 Å². The van der Waals surface area contributed by atoms with E-state index in [1.54, 1.807) is 6.20 Å². The first-order valence-electron chi connectivity index (χ1n) is 6.05. The third-order valence-corrected chi connectivity index (χ3v) is 3.65. The molecule has 0 amide bonds. The van der Waals surface area contributed by atoms with Crippen LogP contribution in [0.4, 0.5) is 11.8 Å². The summed E-state index contributed by atoms with van der Waals surface area (Å²) in [7, 11) is 0. The largest absolute Gasteiger partial charge is 0.394 e. The molecule has 0 aromatic carbocycles. The number of nitrogens with one attached hydrogen (secondary N) is 1. The number of rotatable bonds is 2. The lowest BCUT2D eigenvalue weighted by Gasteiger charge is -2.26. The highest BCUT2D eigenvalue weighted by Gasteiger charge is 2.32. The average Bonchev–Trinajstić information content (AvgIpc) is 2.93. The summed E-state index contributed by atoms with van der Waals surface area (Å²) in [5.74, 6) is 1.42. The number of aromatic nitrogens is 4. The smallest absolute Gasteiger partial charge is 0.224 e. The van der Waals surface area contributed by atoms with Crippen LogP contribution >= 0.6 is 0 Å². The van der Waals surface area contributed by atoms with Gasteiger partial charge in [0, 0.05) is 6.54 Å². The lowest BCUT2D eigenvalue weighted by atomic mass is 10.0. The number of aliphatic hydroxyl groups excluding tert-OH is 1. The lowest BCUT2D eigenvalue weighted by Crippen LogP contribution is -2.36. The fourth-order valence-electron chi connectivity index (χ4n) is 2.61. The van der Waals surface area contributed by atoms with Crippen molar-refractivity contribution in [3.05, 3.63) is 6.20 Å². The topological polar surface area (TPSA) is 104 Å². The van der Waals surface area contributed by atoms with Crippen LogP contribution in [0.25, 0.3) is 11.0 Å². The number of H-pyrrole nitrogens is 1. The molecule has 1 fully saturated rings. The molecule has 4 N–H and O–H groups in total. The van der Waals surface area contributed by atoms with Crippen molar-refractivity contribution in [1.82, 2.24) is 20.2 Å². The first-order chi connectivity index (χ1) is 8.70. The highest BCUT2D eigenvalue weighted by atomic mass is 16.3. The van der Waals surface area contributed by atoms with E-state index in [9.17, 15) is 5.11 Å². The molecule has 7 heteroatoms. The molecule has 3 rings (SSSR count). The molecule has 2 unspecified atom stereocenters. The first kappa shape index (κ1) is 11.2. The average molecular weight is 248 g/mol. The molecule has 0 spiro atoms. The van der Waals surface area contributed by atoms with Gasteiger partial charge in [-0.15, -0.1) is 0 Å². The zero-order chi connectivity index (χ0) is 12.7. The van der Waals surface area contributed by atoms with Crippen molar-refractivity contribution in [2.24, 2.45) is 5.92 Å². The van der Waals surface area contributed by atoms with Crippen LogP contribution in [0.1, 0.15) is 13.3 Å². The zero-order valence-electron chi connectivity index (χ0n) is 10.2. The third kappa shape index (κ3) is 1.59. The molecule has 0 saturated carbocycles.